The molecule has 0 aliphatic heterocycles. The molecule has 17 heavy (non-hydrogen) atoms. The van der Waals surface area contributed by atoms with Gasteiger partial charge in [0.1, 0.15) is 0 Å². The average Bonchev–Trinajstić information content (AvgIpc) is 2.27. The van der Waals surface area contributed by atoms with Gasteiger partial charge in [-0.25, -0.2) is 0 Å². The Hall–Kier alpha value is -0.120. The minimum atomic E-state index is -0.710. The summed E-state index contributed by atoms with van der Waals surface area (Å²) in [6.07, 6.45) is 5.99. The molecule has 1 aliphatic rings. The zero-order chi connectivity index (χ0) is 12.9. The molecule has 0 heterocycles. The number of aliphatic hydroxyl groups is 2. The lowest BCUT2D eigenvalue weighted by Crippen LogP contribution is -2.42. The summed E-state index contributed by atoms with van der Waals surface area (Å²) < 4.78 is 0. The molecule has 1 saturated carbocycles. The summed E-state index contributed by atoms with van der Waals surface area (Å²) in [6, 6.07) is 0.379. The molecule has 0 bridgehead atoms. The second-order valence-electron chi connectivity index (χ2n) is 6.11. The van der Waals surface area contributed by atoms with Gasteiger partial charge in [0.2, 0.25) is 0 Å². The van der Waals surface area contributed by atoms with Crippen LogP contribution in [0.25, 0.3) is 0 Å². The first-order chi connectivity index (χ1) is 7.92. The number of aliphatic hydroxyl groups excluding tert-OH is 1. The van der Waals surface area contributed by atoms with Crippen molar-refractivity contribution in [1.82, 2.24) is 5.32 Å². The summed E-state index contributed by atoms with van der Waals surface area (Å²) in [5.41, 5.74) is -0.710. The third kappa shape index (κ3) is 5.36. The van der Waals surface area contributed by atoms with E-state index in [1.165, 1.54) is 19.3 Å². The number of hydrogen-bond donors (Lipinski definition) is 3. The van der Waals surface area contributed by atoms with Gasteiger partial charge in [-0.2, -0.15) is 0 Å². The fourth-order valence-electron chi connectivity index (χ4n) is 2.81. The molecule has 3 N–H and O–H groups in total. The summed E-state index contributed by atoms with van der Waals surface area (Å²) >= 11 is 0. The maximum Gasteiger partial charge on any atom is 0.0692 e. The van der Waals surface area contributed by atoms with Crippen molar-refractivity contribution < 1.29 is 10.2 Å². The molecule has 1 aliphatic carbocycles. The van der Waals surface area contributed by atoms with Crippen LogP contribution < -0.4 is 5.32 Å². The minimum Gasteiger partial charge on any atom is -0.392 e. The molecule has 0 amide bonds. The first kappa shape index (κ1) is 14.9. The molecular formula is C14H29NO2. The Labute approximate surface area is 106 Å². The predicted molar refractivity (Wildman–Crippen MR) is 71.0 cm³/mol. The van der Waals surface area contributed by atoms with Crippen LogP contribution in [-0.2, 0) is 0 Å². The van der Waals surface area contributed by atoms with Gasteiger partial charge in [-0.15, -0.1) is 0 Å². The zero-order valence-electron chi connectivity index (χ0n) is 11.6. The van der Waals surface area contributed by atoms with Crippen LogP contribution in [0.2, 0.25) is 0 Å². The highest BCUT2D eigenvalue weighted by atomic mass is 16.3. The van der Waals surface area contributed by atoms with E-state index < -0.39 is 11.7 Å². The Morgan fingerprint density at radius 3 is 2.35 bits per heavy atom. The van der Waals surface area contributed by atoms with Gasteiger partial charge in [0.05, 0.1) is 11.7 Å². The van der Waals surface area contributed by atoms with Gasteiger partial charge >= 0.3 is 0 Å². The van der Waals surface area contributed by atoms with Crippen LogP contribution in [0, 0.1) is 5.92 Å². The van der Waals surface area contributed by atoms with E-state index in [0.717, 1.165) is 12.8 Å². The molecule has 3 nitrogen and oxygen atoms in total. The lowest BCUT2D eigenvalue weighted by atomic mass is 9.75. The largest absolute Gasteiger partial charge is 0.392 e. The molecule has 102 valence electrons. The molecular weight excluding hydrogens is 214 g/mol. The Morgan fingerprint density at radius 1 is 1.24 bits per heavy atom. The van der Waals surface area contributed by atoms with E-state index in [1.54, 1.807) is 0 Å². The standard InChI is InChI=1S/C14H29NO2/c1-11(2)15-10-13(16)9-14(3,17)12-7-5-4-6-8-12/h11-13,15-17H,4-10H2,1-3H3/t13-,14+/m1/s1. The van der Waals surface area contributed by atoms with Gasteiger partial charge in [0, 0.05) is 19.0 Å². The van der Waals surface area contributed by atoms with Crippen LogP contribution in [0.1, 0.15) is 59.3 Å². The Balaban J connectivity index is 2.35. The Bertz CT molecular complexity index is 210. The molecule has 1 rings (SSSR count). The van der Waals surface area contributed by atoms with Crippen molar-refractivity contribution in [2.75, 3.05) is 6.54 Å². The number of hydrogen-bond acceptors (Lipinski definition) is 3. The average molecular weight is 243 g/mol. The molecule has 0 radical (unpaired) electrons. The smallest absolute Gasteiger partial charge is 0.0692 e. The normalized spacial score (nSPS) is 23.6. The molecule has 0 saturated heterocycles. The molecule has 1 fully saturated rings. The zero-order valence-corrected chi connectivity index (χ0v) is 11.6. The molecule has 3 heteroatoms. The van der Waals surface area contributed by atoms with Crippen LogP contribution in [0.15, 0.2) is 0 Å². The minimum absolute atomic E-state index is 0.366. The van der Waals surface area contributed by atoms with E-state index in [9.17, 15) is 10.2 Å². The van der Waals surface area contributed by atoms with Crippen molar-refractivity contribution in [2.45, 2.75) is 77.0 Å². The van der Waals surface area contributed by atoms with E-state index in [0.29, 0.717) is 24.9 Å². The van der Waals surface area contributed by atoms with E-state index in [-0.39, 0.29) is 0 Å². The topological polar surface area (TPSA) is 52.5 Å². The molecule has 0 spiro atoms. The van der Waals surface area contributed by atoms with Gasteiger partial charge < -0.3 is 15.5 Å². The first-order valence-corrected chi connectivity index (χ1v) is 7.05. The second kappa shape index (κ2) is 6.72. The number of rotatable bonds is 6. The van der Waals surface area contributed by atoms with Crippen molar-refractivity contribution in [3.63, 3.8) is 0 Å². The van der Waals surface area contributed by atoms with Gasteiger partial charge in [0.25, 0.3) is 0 Å². The van der Waals surface area contributed by atoms with Crippen LogP contribution in [0.3, 0.4) is 0 Å². The Morgan fingerprint density at radius 2 is 1.82 bits per heavy atom. The van der Waals surface area contributed by atoms with Crippen LogP contribution in [0.5, 0.6) is 0 Å². The van der Waals surface area contributed by atoms with Crippen molar-refractivity contribution in [3.8, 4) is 0 Å². The van der Waals surface area contributed by atoms with Gasteiger partial charge in [-0.1, -0.05) is 33.1 Å². The summed E-state index contributed by atoms with van der Waals surface area (Å²) in [5.74, 6) is 0.366. The molecule has 0 aromatic rings. The maximum absolute atomic E-state index is 10.5. The van der Waals surface area contributed by atoms with Crippen molar-refractivity contribution in [3.05, 3.63) is 0 Å². The third-order valence-corrected chi connectivity index (χ3v) is 3.90. The highest BCUT2D eigenvalue weighted by molar-refractivity contribution is 4.86. The monoisotopic (exact) mass is 243 g/mol. The van der Waals surface area contributed by atoms with Crippen molar-refractivity contribution >= 4 is 0 Å². The van der Waals surface area contributed by atoms with Gasteiger partial charge in [0.15, 0.2) is 0 Å². The van der Waals surface area contributed by atoms with Crippen LogP contribution in [-0.4, -0.2) is 34.5 Å². The first-order valence-electron chi connectivity index (χ1n) is 7.05. The highest BCUT2D eigenvalue weighted by Gasteiger charge is 2.34. The van der Waals surface area contributed by atoms with Crippen LogP contribution in [0.4, 0.5) is 0 Å². The van der Waals surface area contributed by atoms with E-state index in [4.69, 9.17) is 0 Å². The van der Waals surface area contributed by atoms with Gasteiger partial charge in [-0.05, 0) is 25.7 Å². The lowest BCUT2D eigenvalue weighted by molar-refractivity contribution is -0.0525. The third-order valence-electron chi connectivity index (χ3n) is 3.90. The number of nitrogens with one attached hydrogen (secondary N) is 1. The SMILES string of the molecule is CC(C)NC[C@H](O)C[C@](C)(O)C1CCCCC1. The summed E-state index contributed by atoms with van der Waals surface area (Å²) in [5, 5.41) is 23.6. The molecule has 0 aromatic heterocycles. The van der Waals surface area contributed by atoms with Crippen molar-refractivity contribution in [2.24, 2.45) is 5.92 Å². The second-order valence-corrected chi connectivity index (χ2v) is 6.11. The molecule has 2 atom stereocenters. The summed E-state index contributed by atoms with van der Waals surface area (Å²) in [7, 11) is 0. The van der Waals surface area contributed by atoms with Gasteiger partial charge in [-0.3, -0.25) is 0 Å². The summed E-state index contributed by atoms with van der Waals surface area (Å²) in [4.78, 5) is 0. The fraction of sp³-hybridized carbons (Fsp3) is 1.00. The van der Waals surface area contributed by atoms with E-state index in [2.05, 4.69) is 19.2 Å². The summed E-state index contributed by atoms with van der Waals surface area (Å²) in [6.45, 7) is 6.58. The molecule has 0 unspecified atom stereocenters. The van der Waals surface area contributed by atoms with Crippen molar-refractivity contribution in [1.29, 1.82) is 0 Å². The highest BCUT2D eigenvalue weighted by Crippen LogP contribution is 2.35. The quantitative estimate of drug-likeness (QED) is 0.669. The van der Waals surface area contributed by atoms with E-state index in [1.807, 2.05) is 6.92 Å². The predicted octanol–water partition coefficient (Wildman–Crippen LogP) is 2.07. The van der Waals surface area contributed by atoms with E-state index >= 15 is 0 Å². The Kier molecular flexibility index (Phi) is 5.90. The molecule has 0 aromatic carbocycles. The maximum atomic E-state index is 10.5. The fourth-order valence-corrected chi connectivity index (χ4v) is 2.81. The van der Waals surface area contributed by atoms with Crippen LogP contribution >= 0.6 is 0 Å². The lowest BCUT2D eigenvalue weighted by Gasteiger charge is -2.37.